The number of rotatable bonds is 5. The van der Waals surface area contributed by atoms with Gasteiger partial charge in [0.2, 0.25) is 0 Å². The fraction of sp³-hybridized carbons (Fsp3) is 0.625. The SMILES string of the molecule is CCc1ccc(CNC(C)c2nnc3n2CCCCC3)s1. The molecule has 1 aliphatic rings. The van der Waals surface area contributed by atoms with Gasteiger partial charge >= 0.3 is 0 Å². The van der Waals surface area contributed by atoms with Crippen LogP contribution in [0.1, 0.15) is 60.6 Å². The van der Waals surface area contributed by atoms with Gasteiger partial charge in [-0.1, -0.05) is 13.3 Å². The molecule has 2 aromatic heterocycles. The summed E-state index contributed by atoms with van der Waals surface area (Å²) in [6.07, 6.45) is 5.99. The Balaban J connectivity index is 1.65. The zero-order valence-corrected chi connectivity index (χ0v) is 13.7. The van der Waals surface area contributed by atoms with E-state index < -0.39 is 0 Å². The summed E-state index contributed by atoms with van der Waals surface area (Å²) in [6.45, 7) is 6.38. The molecule has 0 aromatic carbocycles. The van der Waals surface area contributed by atoms with Crippen molar-refractivity contribution >= 4 is 11.3 Å². The highest BCUT2D eigenvalue weighted by molar-refractivity contribution is 7.11. The summed E-state index contributed by atoms with van der Waals surface area (Å²) in [5, 5.41) is 12.4. The largest absolute Gasteiger partial charge is 0.314 e. The predicted octanol–water partition coefficient (Wildman–Crippen LogP) is 3.48. The Bertz CT molecular complexity index is 587. The average molecular weight is 304 g/mol. The summed E-state index contributed by atoms with van der Waals surface area (Å²) in [7, 11) is 0. The first-order chi connectivity index (χ1) is 10.3. The molecule has 2 aromatic rings. The van der Waals surface area contributed by atoms with Crippen molar-refractivity contribution in [2.24, 2.45) is 0 Å². The van der Waals surface area contributed by atoms with Crippen molar-refractivity contribution in [1.29, 1.82) is 0 Å². The monoisotopic (exact) mass is 304 g/mol. The summed E-state index contributed by atoms with van der Waals surface area (Å²) in [5.74, 6) is 2.26. The molecule has 0 bridgehead atoms. The second-order valence-electron chi connectivity index (χ2n) is 5.76. The zero-order chi connectivity index (χ0) is 14.7. The Morgan fingerprint density at radius 1 is 1.24 bits per heavy atom. The van der Waals surface area contributed by atoms with Gasteiger partial charge in [0, 0.05) is 29.3 Å². The highest BCUT2D eigenvalue weighted by Crippen LogP contribution is 2.20. The molecule has 3 rings (SSSR count). The van der Waals surface area contributed by atoms with E-state index in [0.29, 0.717) is 0 Å². The molecule has 0 fully saturated rings. The molecule has 5 heteroatoms. The smallest absolute Gasteiger partial charge is 0.149 e. The molecule has 1 aliphatic heterocycles. The van der Waals surface area contributed by atoms with E-state index in [1.807, 2.05) is 11.3 Å². The molecule has 1 atom stereocenters. The van der Waals surface area contributed by atoms with Crippen LogP contribution in [0.4, 0.5) is 0 Å². The van der Waals surface area contributed by atoms with E-state index in [2.05, 4.69) is 46.1 Å². The Labute approximate surface area is 130 Å². The van der Waals surface area contributed by atoms with E-state index >= 15 is 0 Å². The van der Waals surface area contributed by atoms with Gasteiger partial charge in [-0.15, -0.1) is 21.5 Å². The van der Waals surface area contributed by atoms with Crippen LogP contribution >= 0.6 is 11.3 Å². The molecular weight excluding hydrogens is 280 g/mol. The number of aromatic nitrogens is 3. The normalized spacial score (nSPS) is 16.5. The molecule has 0 radical (unpaired) electrons. The molecule has 1 unspecified atom stereocenters. The van der Waals surface area contributed by atoms with Crippen molar-refractivity contribution in [2.75, 3.05) is 0 Å². The van der Waals surface area contributed by atoms with Gasteiger partial charge < -0.3 is 9.88 Å². The van der Waals surface area contributed by atoms with Gasteiger partial charge in [-0.2, -0.15) is 0 Å². The lowest BCUT2D eigenvalue weighted by molar-refractivity contribution is 0.504. The van der Waals surface area contributed by atoms with Gasteiger partial charge in [0.05, 0.1) is 6.04 Å². The zero-order valence-electron chi connectivity index (χ0n) is 12.9. The van der Waals surface area contributed by atoms with E-state index in [9.17, 15) is 0 Å². The molecule has 21 heavy (non-hydrogen) atoms. The average Bonchev–Trinajstić information content (AvgIpc) is 3.06. The van der Waals surface area contributed by atoms with Crippen LogP contribution in [-0.2, 0) is 25.9 Å². The van der Waals surface area contributed by atoms with Crippen LogP contribution in [0.25, 0.3) is 0 Å². The van der Waals surface area contributed by atoms with Crippen molar-refractivity contribution in [1.82, 2.24) is 20.1 Å². The molecule has 1 N–H and O–H groups in total. The summed E-state index contributed by atoms with van der Waals surface area (Å²) >= 11 is 1.90. The molecule has 0 spiro atoms. The highest BCUT2D eigenvalue weighted by atomic mass is 32.1. The number of hydrogen-bond donors (Lipinski definition) is 1. The van der Waals surface area contributed by atoms with E-state index in [0.717, 1.165) is 31.8 Å². The minimum atomic E-state index is 0.247. The van der Waals surface area contributed by atoms with Crippen LogP contribution < -0.4 is 5.32 Å². The third-order valence-corrected chi connectivity index (χ3v) is 5.40. The molecule has 4 nitrogen and oxygen atoms in total. The summed E-state index contributed by atoms with van der Waals surface area (Å²) in [6, 6.07) is 4.71. The van der Waals surface area contributed by atoms with Gasteiger partial charge in [-0.3, -0.25) is 0 Å². The third kappa shape index (κ3) is 3.35. The second-order valence-corrected chi connectivity index (χ2v) is 7.01. The highest BCUT2D eigenvalue weighted by Gasteiger charge is 2.18. The van der Waals surface area contributed by atoms with Crippen molar-refractivity contribution in [3.05, 3.63) is 33.5 Å². The Hall–Kier alpha value is -1.20. The number of nitrogens with one attached hydrogen (secondary N) is 1. The summed E-state index contributed by atoms with van der Waals surface area (Å²) in [4.78, 5) is 2.85. The molecule has 0 aliphatic carbocycles. The van der Waals surface area contributed by atoms with Gasteiger partial charge in [0.1, 0.15) is 11.6 Å². The van der Waals surface area contributed by atoms with E-state index in [-0.39, 0.29) is 6.04 Å². The number of aryl methyl sites for hydroxylation is 2. The van der Waals surface area contributed by atoms with Gasteiger partial charge in [-0.05, 0) is 38.3 Å². The predicted molar refractivity (Wildman–Crippen MR) is 86.5 cm³/mol. The van der Waals surface area contributed by atoms with Gasteiger partial charge in [-0.25, -0.2) is 0 Å². The second kappa shape index (κ2) is 6.71. The minimum Gasteiger partial charge on any atom is -0.314 e. The topological polar surface area (TPSA) is 42.7 Å². The maximum Gasteiger partial charge on any atom is 0.149 e. The van der Waals surface area contributed by atoms with Crippen molar-refractivity contribution < 1.29 is 0 Å². The number of thiophene rings is 1. The van der Waals surface area contributed by atoms with Crippen LogP contribution in [0.5, 0.6) is 0 Å². The maximum atomic E-state index is 4.43. The number of fused-ring (bicyclic) bond motifs is 1. The van der Waals surface area contributed by atoms with Crippen molar-refractivity contribution in [3.63, 3.8) is 0 Å². The van der Waals surface area contributed by atoms with E-state index in [4.69, 9.17) is 0 Å². The fourth-order valence-electron chi connectivity index (χ4n) is 2.88. The lowest BCUT2D eigenvalue weighted by Gasteiger charge is -2.14. The van der Waals surface area contributed by atoms with Crippen molar-refractivity contribution in [3.8, 4) is 0 Å². The molecular formula is C16H24N4S. The maximum absolute atomic E-state index is 4.43. The molecule has 114 valence electrons. The van der Waals surface area contributed by atoms with Crippen molar-refractivity contribution in [2.45, 2.75) is 65.1 Å². The first-order valence-corrected chi connectivity index (χ1v) is 8.82. The fourth-order valence-corrected chi connectivity index (χ4v) is 3.79. The first kappa shape index (κ1) is 14.7. The lowest BCUT2D eigenvalue weighted by Crippen LogP contribution is -2.22. The summed E-state index contributed by atoms with van der Waals surface area (Å²) in [5.41, 5.74) is 0. The standard InChI is InChI=1S/C16H24N4S/c1-3-13-8-9-14(21-13)11-17-12(2)16-19-18-15-7-5-4-6-10-20(15)16/h8-9,12,17H,3-7,10-11H2,1-2H3. The Kier molecular flexibility index (Phi) is 4.70. The van der Waals surface area contributed by atoms with Crippen LogP contribution in [0.15, 0.2) is 12.1 Å². The minimum absolute atomic E-state index is 0.247. The third-order valence-electron chi connectivity index (χ3n) is 4.17. The Morgan fingerprint density at radius 2 is 2.10 bits per heavy atom. The first-order valence-electron chi connectivity index (χ1n) is 8.01. The number of hydrogen-bond acceptors (Lipinski definition) is 4. The van der Waals surface area contributed by atoms with Crippen LogP contribution in [0.3, 0.4) is 0 Å². The molecule has 0 saturated heterocycles. The van der Waals surface area contributed by atoms with Crippen LogP contribution in [0.2, 0.25) is 0 Å². The van der Waals surface area contributed by atoms with E-state index in [1.165, 1.54) is 34.8 Å². The summed E-state index contributed by atoms with van der Waals surface area (Å²) < 4.78 is 2.33. The van der Waals surface area contributed by atoms with Gasteiger partial charge in [0.15, 0.2) is 0 Å². The Morgan fingerprint density at radius 3 is 2.90 bits per heavy atom. The van der Waals surface area contributed by atoms with Crippen LogP contribution in [0, 0.1) is 0 Å². The molecule has 0 amide bonds. The van der Waals surface area contributed by atoms with Gasteiger partial charge in [0.25, 0.3) is 0 Å². The quantitative estimate of drug-likeness (QED) is 0.919. The molecule has 3 heterocycles. The number of nitrogens with zero attached hydrogens (tertiary/aromatic N) is 3. The molecule has 0 saturated carbocycles. The van der Waals surface area contributed by atoms with E-state index in [1.54, 1.807) is 0 Å². The van der Waals surface area contributed by atoms with Crippen LogP contribution in [-0.4, -0.2) is 14.8 Å². The lowest BCUT2D eigenvalue weighted by atomic mass is 10.2.